The van der Waals surface area contributed by atoms with Crippen LogP contribution >= 0.6 is 11.8 Å². The smallest absolute Gasteiger partial charge is 0.321 e. The maximum atomic E-state index is 10.7. The van der Waals surface area contributed by atoms with E-state index in [1.165, 1.54) is 11.8 Å². The van der Waals surface area contributed by atoms with Crippen LogP contribution in [-0.2, 0) is 4.79 Å². The highest BCUT2D eigenvalue weighted by atomic mass is 32.2. The van der Waals surface area contributed by atoms with E-state index in [2.05, 4.69) is 0 Å². The third-order valence-electron chi connectivity index (χ3n) is 2.20. The number of thioether (sulfide) groups is 1. The summed E-state index contributed by atoms with van der Waals surface area (Å²) in [6.45, 7) is 7.08. The Hall–Kier alpha value is -0.260. The number of hydrogen-bond donors (Lipinski definition) is 3. The minimum Gasteiger partial charge on any atom is -0.480 e. The van der Waals surface area contributed by atoms with Gasteiger partial charge in [-0.3, -0.25) is 4.79 Å². The van der Waals surface area contributed by atoms with Gasteiger partial charge in [0.1, 0.15) is 6.04 Å². The lowest BCUT2D eigenvalue weighted by atomic mass is 10.1. The number of nitrogens with two attached hydrogens (primary N) is 1. The second-order valence-electron chi connectivity index (χ2n) is 4.83. The molecule has 0 bridgehead atoms. The summed E-state index contributed by atoms with van der Waals surface area (Å²) in [6.07, 6.45) is 0.618. The molecule has 0 heterocycles. The first kappa shape index (κ1) is 14.7. The molecule has 0 fully saturated rings. The van der Waals surface area contributed by atoms with Crippen LogP contribution in [0.2, 0.25) is 0 Å². The number of aliphatic carboxylic acids is 1. The normalized spacial score (nSPS) is 15.1. The highest BCUT2D eigenvalue weighted by Crippen LogP contribution is 2.29. The molecule has 0 radical (unpaired) electrons. The second kappa shape index (κ2) is 5.18. The van der Waals surface area contributed by atoms with E-state index >= 15 is 0 Å². The Morgan fingerprint density at radius 3 is 2.20 bits per heavy atom. The van der Waals surface area contributed by atoms with Gasteiger partial charge in [-0.05, 0) is 39.9 Å². The largest absolute Gasteiger partial charge is 0.480 e. The minimum absolute atomic E-state index is 0.517. The van der Waals surface area contributed by atoms with Crippen LogP contribution in [0.1, 0.15) is 34.1 Å². The van der Waals surface area contributed by atoms with Crippen LogP contribution in [0.4, 0.5) is 0 Å². The maximum absolute atomic E-state index is 10.7. The molecule has 4 N–H and O–H groups in total. The molecule has 0 aliphatic heterocycles. The Labute approximate surface area is 95.2 Å². The second-order valence-corrected chi connectivity index (χ2v) is 6.58. The number of carbonyl (C=O) groups is 1. The Bertz CT molecular complexity index is 223. The highest BCUT2D eigenvalue weighted by Gasteiger charge is 2.32. The highest BCUT2D eigenvalue weighted by molar-refractivity contribution is 8.00. The molecule has 0 aliphatic rings. The quantitative estimate of drug-likeness (QED) is 0.641. The van der Waals surface area contributed by atoms with Gasteiger partial charge in [-0.25, -0.2) is 0 Å². The zero-order valence-corrected chi connectivity index (χ0v) is 10.6. The molecule has 90 valence electrons. The summed E-state index contributed by atoms with van der Waals surface area (Å²) in [5.74, 6) is -0.298. The van der Waals surface area contributed by atoms with Gasteiger partial charge >= 0.3 is 5.97 Å². The molecule has 0 rings (SSSR count). The van der Waals surface area contributed by atoms with Gasteiger partial charge in [0, 0.05) is 4.75 Å². The number of hydrogen-bond acceptors (Lipinski definition) is 4. The molecular formula is C10H21NO3S. The van der Waals surface area contributed by atoms with Crippen molar-refractivity contribution in [3.8, 4) is 0 Å². The summed E-state index contributed by atoms with van der Waals surface area (Å²) in [5.41, 5.74) is 4.85. The van der Waals surface area contributed by atoms with Crippen molar-refractivity contribution in [3.63, 3.8) is 0 Å². The predicted octanol–water partition coefficient (Wildman–Crippen LogP) is 1.07. The van der Waals surface area contributed by atoms with Crippen molar-refractivity contribution < 1.29 is 15.0 Å². The summed E-state index contributed by atoms with van der Waals surface area (Å²) >= 11 is 1.48. The molecule has 0 aromatic carbocycles. The monoisotopic (exact) mass is 235 g/mol. The lowest BCUT2D eigenvalue weighted by Gasteiger charge is -2.29. The van der Waals surface area contributed by atoms with Gasteiger partial charge < -0.3 is 15.9 Å². The molecular weight excluding hydrogens is 214 g/mol. The zero-order chi connectivity index (χ0) is 12.3. The number of aliphatic hydroxyl groups is 1. The van der Waals surface area contributed by atoms with Crippen molar-refractivity contribution in [1.82, 2.24) is 0 Å². The Balaban J connectivity index is 4.10. The van der Waals surface area contributed by atoms with Gasteiger partial charge in [0.25, 0.3) is 0 Å². The molecule has 0 aromatic heterocycles. The van der Waals surface area contributed by atoms with Gasteiger partial charge in [0.05, 0.1) is 5.60 Å². The van der Waals surface area contributed by atoms with Gasteiger partial charge in [0.15, 0.2) is 0 Å². The first-order valence-corrected chi connectivity index (χ1v) is 5.89. The first-order valence-electron chi connectivity index (χ1n) is 4.91. The average Bonchev–Trinajstić information content (AvgIpc) is 1.99. The standard InChI is InChI=1S/C10H21NO3S/c1-9(2,14)5-6-15-10(3,4)7(11)8(12)13/h7,14H,5-6,11H2,1-4H3,(H,12,13)/t7-/m0/s1. The SMILES string of the molecule is CC(C)(O)CCSC(C)(C)[C@@H](N)C(=O)O. The molecule has 0 amide bonds. The molecule has 1 atom stereocenters. The van der Waals surface area contributed by atoms with Crippen molar-refractivity contribution in [3.05, 3.63) is 0 Å². The van der Waals surface area contributed by atoms with Gasteiger partial charge in [-0.15, -0.1) is 0 Å². The fourth-order valence-electron chi connectivity index (χ4n) is 0.951. The van der Waals surface area contributed by atoms with Crippen LogP contribution in [0.15, 0.2) is 0 Å². The number of carboxylic acids is 1. The fraction of sp³-hybridized carbons (Fsp3) is 0.900. The third-order valence-corrected chi connectivity index (χ3v) is 3.61. The van der Waals surface area contributed by atoms with E-state index in [1.807, 2.05) is 0 Å². The molecule has 0 aromatic rings. The Morgan fingerprint density at radius 2 is 1.87 bits per heavy atom. The molecule has 0 spiro atoms. The summed E-state index contributed by atoms with van der Waals surface area (Å²) < 4.78 is -0.517. The van der Waals surface area contributed by atoms with E-state index in [9.17, 15) is 9.90 Å². The molecule has 0 saturated heterocycles. The van der Waals surface area contributed by atoms with Gasteiger partial charge in [-0.2, -0.15) is 11.8 Å². The topological polar surface area (TPSA) is 83.5 Å². The fourth-order valence-corrected chi connectivity index (χ4v) is 2.36. The van der Waals surface area contributed by atoms with Crippen molar-refractivity contribution in [2.75, 3.05) is 5.75 Å². The van der Waals surface area contributed by atoms with E-state index in [0.29, 0.717) is 12.2 Å². The Morgan fingerprint density at radius 1 is 1.40 bits per heavy atom. The maximum Gasteiger partial charge on any atom is 0.321 e. The lowest BCUT2D eigenvalue weighted by Crippen LogP contribution is -2.47. The van der Waals surface area contributed by atoms with Crippen LogP contribution in [-0.4, -0.2) is 38.3 Å². The average molecular weight is 235 g/mol. The van der Waals surface area contributed by atoms with Gasteiger partial charge in [0.2, 0.25) is 0 Å². The number of rotatable bonds is 6. The minimum atomic E-state index is -0.990. The summed E-state index contributed by atoms with van der Waals surface area (Å²) in [6, 6.07) is -0.885. The predicted molar refractivity (Wildman–Crippen MR) is 63.1 cm³/mol. The first-order chi connectivity index (χ1) is 6.56. The summed E-state index contributed by atoms with van der Waals surface area (Å²) in [5, 5.41) is 18.3. The van der Waals surface area contributed by atoms with Crippen molar-refractivity contribution in [2.45, 2.75) is 50.5 Å². The van der Waals surface area contributed by atoms with Crippen LogP contribution < -0.4 is 5.73 Å². The lowest BCUT2D eigenvalue weighted by molar-refractivity contribution is -0.139. The molecule has 5 heteroatoms. The van der Waals surface area contributed by atoms with E-state index in [-0.39, 0.29) is 0 Å². The van der Waals surface area contributed by atoms with Crippen LogP contribution in [0.5, 0.6) is 0 Å². The zero-order valence-electron chi connectivity index (χ0n) is 9.78. The van der Waals surface area contributed by atoms with Crippen LogP contribution in [0.3, 0.4) is 0 Å². The molecule has 4 nitrogen and oxygen atoms in total. The van der Waals surface area contributed by atoms with Gasteiger partial charge in [-0.1, -0.05) is 0 Å². The van der Waals surface area contributed by atoms with Crippen LogP contribution in [0, 0.1) is 0 Å². The van der Waals surface area contributed by atoms with E-state index in [1.54, 1.807) is 27.7 Å². The molecule has 15 heavy (non-hydrogen) atoms. The van der Waals surface area contributed by atoms with Crippen molar-refractivity contribution >= 4 is 17.7 Å². The van der Waals surface area contributed by atoms with Crippen molar-refractivity contribution in [1.29, 1.82) is 0 Å². The number of carboxylic acid groups (broad SMARTS) is 1. The van der Waals surface area contributed by atoms with E-state index < -0.39 is 22.4 Å². The molecule has 0 saturated carbocycles. The van der Waals surface area contributed by atoms with Crippen molar-refractivity contribution in [2.24, 2.45) is 5.73 Å². The summed E-state index contributed by atoms with van der Waals surface area (Å²) in [7, 11) is 0. The third kappa shape index (κ3) is 6.02. The Kier molecular flexibility index (Phi) is 5.09. The van der Waals surface area contributed by atoms with E-state index in [0.717, 1.165) is 0 Å². The summed E-state index contributed by atoms with van der Waals surface area (Å²) in [4.78, 5) is 10.7. The van der Waals surface area contributed by atoms with E-state index in [4.69, 9.17) is 10.8 Å². The molecule has 0 aliphatic carbocycles. The van der Waals surface area contributed by atoms with Crippen LogP contribution in [0.25, 0.3) is 0 Å². The molecule has 0 unspecified atom stereocenters.